The number of nitrogens with two attached hydrogens (primary N) is 1. The number of rotatable bonds is 2. The van der Waals surface area contributed by atoms with E-state index in [-0.39, 0.29) is 11.5 Å². The van der Waals surface area contributed by atoms with E-state index >= 15 is 0 Å². The number of nitro groups is 1. The summed E-state index contributed by atoms with van der Waals surface area (Å²) < 4.78 is 0. The minimum Gasteiger partial charge on any atom is -0.378 e. The number of nitrogens with zero attached hydrogens (tertiary/aromatic N) is 4. The molecule has 0 saturated carbocycles. The van der Waals surface area contributed by atoms with E-state index < -0.39 is 4.92 Å². The largest absolute Gasteiger partial charge is 0.378 e. The Balaban J connectivity index is 2.01. The Kier molecular flexibility index (Phi) is 2.52. The van der Waals surface area contributed by atoms with E-state index in [2.05, 4.69) is 9.97 Å². The first-order valence-electron chi connectivity index (χ1n) is 5.79. The maximum atomic E-state index is 10.7. The SMILES string of the molecule is Nc1nc(N2CCc3ccccc32)ncc1[N+](=O)[O-]. The summed E-state index contributed by atoms with van der Waals surface area (Å²) in [6.07, 6.45) is 2.05. The number of nitrogen functional groups attached to an aromatic ring is 1. The van der Waals surface area contributed by atoms with Gasteiger partial charge in [-0.3, -0.25) is 10.1 Å². The minimum absolute atomic E-state index is 0.112. The Morgan fingerprint density at radius 1 is 1.37 bits per heavy atom. The van der Waals surface area contributed by atoms with Gasteiger partial charge in [-0.15, -0.1) is 0 Å². The topological polar surface area (TPSA) is 98.2 Å². The zero-order valence-corrected chi connectivity index (χ0v) is 9.98. The molecule has 0 aliphatic carbocycles. The monoisotopic (exact) mass is 257 g/mol. The Morgan fingerprint density at radius 2 is 2.16 bits per heavy atom. The van der Waals surface area contributed by atoms with Gasteiger partial charge in [-0.2, -0.15) is 4.98 Å². The smallest absolute Gasteiger partial charge is 0.329 e. The maximum Gasteiger partial charge on any atom is 0.329 e. The highest BCUT2D eigenvalue weighted by atomic mass is 16.6. The maximum absolute atomic E-state index is 10.7. The lowest BCUT2D eigenvalue weighted by Crippen LogP contribution is -2.17. The van der Waals surface area contributed by atoms with Crippen molar-refractivity contribution in [3.05, 3.63) is 46.1 Å². The lowest BCUT2D eigenvalue weighted by molar-refractivity contribution is -0.384. The minimum atomic E-state index is -0.586. The molecule has 0 amide bonds. The molecule has 0 atom stereocenters. The van der Waals surface area contributed by atoms with Crippen LogP contribution in [0, 0.1) is 10.1 Å². The van der Waals surface area contributed by atoms with Crippen molar-refractivity contribution < 1.29 is 4.92 Å². The van der Waals surface area contributed by atoms with Crippen molar-refractivity contribution in [3.8, 4) is 0 Å². The number of hydrogen-bond acceptors (Lipinski definition) is 6. The van der Waals surface area contributed by atoms with Gasteiger partial charge in [0.15, 0.2) is 0 Å². The second-order valence-corrected chi connectivity index (χ2v) is 4.23. The highest BCUT2D eigenvalue weighted by molar-refractivity contribution is 5.67. The fourth-order valence-electron chi connectivity index (χ4n) is 2.20. The van der Waals surface area contributed by atoms with E-state index in [0.717, 1.165) is 24.8 Å². The molecule has 2 aromatic rings. The average Bonchev–Trinajstić information content (AvgIpc) is 2.82. The molecule has 1 aromatic carbocycles. The highest BCUT2D eigenvalue weighted by Crippen LogP contribution is 2.33. The van der Waals surface area contributed by atoms with Crippen LogP contribution >= 0.6 is 0 Å². The molecule has 96 valence electrons. The van der Waals surface area contributed by atoms with E-state index in [9.17, 15) is 10.1 Å². The molecule has 0 bridgehead atoms. The standard InChI is InChI=1S/C12H11N5O2/c13-11-10(17(18)19)7-14-12(15-11)16-6-5-8-3-1-2-4-9(8)16/h1-4,7H,5-6H2,(H2,13,14,15). The number of aromatic nitrogens is 2. The third-order valence-electron chi connectivity index (χ3n) is 3.11. The molecule has 2 N–H and O–H groups in total. The van der Waals surface area contributed by atoms with Crippen LogP contribution in [-0.4, -0.2) is 21.4 Å². The van der Waals surface area contributed by atoms with Gasteiger partial charge in [0.1, 0.15) is 6.20 Å². The highest BCUT2D eigenvalue weighted by Gasteiger charge is 2.24. The molecule has 0 saturated heterocycles. The lowest BCUT2D eigenvalue weighted by atomic mass is 10.2. The fraction of sp³-hybridized carbons (Fsp3) is 0.167. The average molecular weight is 257 g/mol. The second kappa shape index (κ2) is 4.20. The van der Waals surface area contributed by atoms with Gasteiger partial charge in [-0.25, -0.2) is 4.98 Å². The number of hydrogen-bond donors (Lipinski definition) is 1. The van der Waals surface area contributed by atoms with Gasteiger partial charge in [0.2, 0.25) is 11.8 Å². The fourth-order valence-corrected chi connectivity index (χ4v) is 2.20. The van der Waals surface area contributed by atoms with Gasteiger partial charge in [-0.05, 0) is 18.1 Å². The first kappa shape index (κ1) is 11.4. The molecule has 2 heterocycles. The molecule has 7 nitrogen and oxygen atoms in total. The van der Waals surface area contributed by atoms with E-state index in [1.54, 1.807) is 0 Å². The summed E-state index contributed by atoms with van der Waals surface area (Å²) in [5.41, 5.74) is 7.56. The Labute approximate surface area is 108 Å². The van der Waals surface area contributed by atoms with Crippen LogP contribution in [-0.2, 0) is 6.42 Å². The van der Waals surface area contributed by atoms with Crippen LogP contribution in [0.3, 0.4) is 0 Å². The van der Waals surface area contributed by atoms with Crippen molar-refractivity contribution in [1.29, 1.82) is 0 Å². The van der Waals surface area contributed by atoms with Crippen molar-refractivity contribution in [3.63, 3.8) is 0 Å². The molecule has 3 rings (SSSR count). The zero-order valence-electron chi connectivity index (χ0n) is 9.98. The van der Waals surface area contributed by atoms with Gasteiger partial charge >= 0.3 is 5.69 Å². The van der Waals surface area contributed by atoms with Gasteiger partial charge in [0, 0.05) is 12.2 Å². The summed E-state index contributed by atoms with van der Waals surface area (Å²) in [5, 5.41) is 10.7. The van der Waals surface area contributed by atoms with Crippen molar-refractivity contribution in [1.82, 2.24) is 9.97 Å². The Morgan fingerprint density at radius 3 is 2.89 bits per heavy atom. The molecule has 7 heteroatoms. The molecular weight excluding hydrogens is 246 g/mol. The third-order valence-corrected chi connectivity index (χ3v) is 3.11. The molecule has 0 unspecified atom stereocenters. The lowest BCUT2D eigenvalue weighted by Gasteiger charge is -2.16. The predicted octanol–water partition coefficient (Wildman–Crippen LogP) is 1.66. The van der Waals surface area contributed by atoms with Gasteiger partial charge in [-0.1, -0.05) is 18.2 Å². The van der Waals surface area contributed by atoms with E-state index in [1.807, 2.05) is 29.2 Å². The van der Waals surface area contributed by atoms with E-state index in [4.69, 9.17) is 5.73 Å². The van der Waals surface area contributed by atoms with Crippen LogP contribution < -0.4 is 10.6 Å². The Bertz CT molecular complexity index is 658. The van der Waals surface area contributed by atoms with E-state index in [0.29, 0.717) is 5.95 Å². The third kappa shape index (κ3) is 1.85. The van der Waals surface area contributed by atoms with E-state index in [1.165, 1.54) is 5.56 Å². The summed E-state index contributed by atoms with van der Waals surface area (Å²) >= 11 is 0. The van der Waals surface area contributed by atoms with Crippen LogP contribution in [0.2, 0.25) is 0 Å². The van der Waals surface area contributed by atoms with Crippen molar-refractivity contribution in [2.24, 2.45) is 0 Å². The van der Waals surface area contributed by atoms with Crippen molar-refractivity contribution in [2.45, 2.75) is 6.42 Å². The van der Waals surface area contributed by atoms with Gasteiger partial charge in [0.25, 0.3) is 0 Å². The van der Waals surface area contributed by atoms with Gasteiger partial charge in [0.05, 0.1) is 4.92 Å². The summed E-state index contributed by atoms with van der Waals surface area (Å²) in [5.74, 6) is 0.285. The number of benzene rings is 1. The summed E-state index contributed by atoms with van der Waals surface area (Å²) in [7, 11) is 0. The first-order valence-corrected chi connectivity index (χ1v) is 5.79. The predicted molar refractivity (Wildman–Crippen MR) is 70.3 cm³/mol. The molecule has 1 aromatic heterocycles. The molecule has 1 aliphatic rings. The Hall–Kier alpha value is -2.70. The molecule has 19 heavy (non-hydrogen) atoms. The van der Waals surface area contributed by atoms with Gasteiger partial charge < -0.3 is 10.6 Å². The summed E-state index contributed by atoms with van der Waals surface area (Å²) in [6.45, 7) is 0.747. The van der Waals surface area contributed by atoms with Crippen LogP contribution in [0.25, 0.3) is 0 Å². The molecule has 0 fully saturated rings. The quantitative estimate of drug-likeness (QED) is 0.649. The second-order valence-electron chi connectivity index (χ2n) is 4.23. The summed E-state index contributed by atoms with van der Waals surface area (Å²) in [4.78, 5) is 20.1. The normalized spacial score (nSPS) is 13.4. The van der Waals surface area contributed by atoms with Crippen LogP contribution in [0.15, 0.2) is 30.5 Å². The van der Waals surface area contributed by atoms with Crippen LogP contribution in [0.5, 0.6) is 0 Å². The molecule has 0 spiro atoms. The first-order chi connectivity index (χ1) is 9.16. The number of anilines is 3. The molecule has 1 aliphatic heterocycles. The van der Waals surface area contributed by atoms with Crippen LogP contribution in [0.1, 0.15) is 5.56 Å². The van der Waals surface area contributed by atoms with Crippen LogP contribution in [0.4, 0.5) is 23.1 Å². The van der Waals surface area contributed by atoms with Crippen molar-refractivity contribution >= 4 is 23.1 Å². The molecule has 0 radical (unpaired) electrons. The number of fused-ring (bicyclic) bond motifs is 1. The number of para-hydroxylation sites is 1. The molecular formula is C12H11N5O2. The zero-order chi connectivity index (χ0) is 13.4. The summed E-state index contributed by atoms with van der Waals surface area (Å²) in [6, 6.07) is 7.94. The van der Waals surface area contributed by atoms with Crippen molar-refractivity contribution in [2.75, 3.05) is 17.2 Å².